The molecule has 3 rings (SSSR count). The van der Waals surface area contributed by atoms with Gasteiger partial charge in [0.1, 0.15) is 11.4 Å². The highest BCUT2D eigenvalue weighted by atomic mass is 16.7. The number of ether oxygens (including phenoxy) is 3. The van der Waals surface area contributed by atoms with Crippen LogP contribution in [0.2, 0.25) is 0 Å². The summed E-state index contributed by atoms with van der Waals surface area (Å²) in [6.07, 6.45) is 0. The number of β-amino-alcohol motifs (C(OH)–C–C–N with tert-alkyl or cyclic N) is 1. The first-order chi connectivity index (χ1) is 7.73. The molecule has 2 N–H and O–H groups in total. The molecular weight excluding hydrogens is 210 g/mol. The molecule has 1 saturated heterocycles. The number of aliphatic hydroxyl groups is 1. The summed E-state index contributed by atoms with van der Waals surface area (Å²) >= 11 is 0. The Kier molecular flexibility index (Phi) is 1.99. The van der Waals surface area contributed by atoms with Gasteiger partial charge in [-0.3, -0.25) is 0 Å². The van der Waals surface area contributed by atoms with E-state index in [1.807, 2.05) is 0 Å². The second kappa shape index (κ2) is 3.26. The van der Waals surface area contributed by atoms with E-state index in [9.17, 15) is 5.11 Å². The van der Waals surface area contributed by atoms with Crippen molar-refractivity contribution in [3.63, 3.8) is 0 Å². The fourth-order valence-electron chi connectivity index (χ4n) is 2.01. The molecule has 86 valence electrons. The van der Waals surface area contributed by atoms with Crippen molar-refractivity contribution in [3.05, 3.63) is 17.7 Å². The molecule has 0 spiro atoms. The van der Waals surface area contributed by atoms with Crippen molar-refractivity contribution in [2.75, 3.05) is 27.0 Å². The van der Waals surface area contributed by atoms with Crippen LogP contribution in [-0.2, 0) is 5.60 Å². The highest BCUT2D eigenvalue weighted by molar-refractivity contribution is 5.54. The molecule has 0 aliphatic carbocycles. The van der Waals surface area contributed by atoms with E-state index < -0.39 is 5.60 Å². The van der Waals surface area contributed by atoms with E-state index >= 15 is 0 Å². The first-order valence-electron chi connectivity index (χ1n) is 5.14. The largest absolute Gasteiger partial charge is 0.496 e. The Labute approximate surface area is 92.9 Å². The van der Waals surface area contributed by atoms with Crippen LogP contribution >= 0.6 is 0 Å². The van der Waals surface area contributed by atoms with Gasteiger partial charge in [0.25, 0.3) is 0 Å². The average Bonchev–Trinajstić information content (AvgIpc) is 2.71. The smallest absolute Gasteiger partial charge is 0.231 e. The number of hydrogen-bond acceptors (Lipinski definition) is 5. The van der Waals surface area contributed by atoms with Crippen LogP contribution in [0.5, 0.6) is 17.2 Å². The van der Waals surface area contributed by atoms with Gasteiger partial charge in [-0.25, -0.2) is 0 Å². The summed E-state index contributed by atoms with van der Waals surface area (Å²) in [4.78, 5) is 0. The summed E-state index contributed by atoms with van der Waals surface area (Å²) in [5.41, 5.74) is -0.107. The molecule has 0 aromatic heterocycles. The average molecular weight is 223 g/mol. The number of hydrogen-bond donors (Lipinski definition) is 2. The van der Waals surface area contributed by atoms with E-state index in [2.05, 4.69) is 5.32 Å². The SMILES string of the molecule is COc1cc2c(cc1C1(O)CNC1)OCO2. The van der Waals surface area contributed by atoms with E-state index in [0.717, 1.165) is 5.56 Å². The zero-order chi connectivity index (χ0) is 11.2. The van der Waals surface area contributed by atoms with E-state index in [1.165, 1.54) is 0 Å². The molecule has 16 heavy (non-hydrogen) atoms. The van der Waals surface area contributed by atoms with Gasteiger partial charge in [0.2, 0.25) is 6.79 Å². The molecule has 2 aliphatic rings. The Balaban J connectivity index is 2.09. The molecule has 2 heterocycles. The van der Waals surface area contributed by atoms with Gasteiger partial charge in [0, 0.05) is 24.7 Å². The number of rotatable bonds is 2. The second-order valence-electron chi connectivity index (χ2n) is 4.04. The van der Waals surface area contributed by atoms with Crippen molar-refractivity contribution in [2.45, 2.75) is 5.60 Å². The van der Waals surface area contributed by atoms with Crippen LogP contribution in [0.1, 0.15) is 5.56 Å². The Morgan fingerprint density at radius 3 is 2.56 bits per heavy atom. The quantitative estimate of drug-likeness (QED) is 0.750. The summed E-state index contributed by atoms with van der Waals surface area (Å²) in [7, 11) is 1.58. The third kappa shape index (κ3) is 1.25. The van der Waals surface area contributed by atoms with Crippen molar-refractivity contribution >= 4 is 0 Å². The Hall–Kier alpha value is -1.46. The normalized spacial score (nSPS) is 20.4. The van der Waals surface area contributed by atoms with Crippen LogP contribution < -0.4 is 19.5 Å². The van der Waals surface area contributed by atoms with E-state index in [-0.39, 0.29) is 6.79 Å². The first-order valence-corrected chi connectivity index (χ1v) is 5.14. The minimum Gasteiger partial charge on any atom is -0.496 e. The van der Waals surface area contributed by atoms with Gasteiger partial charge in [-0.05, 0) is 6.07 Å². The Bertz CT molecular complexity index is 428. The number of methoxy groups -OCH3 is 1. The van der Waals surface area contributed by atoms with Crippen molar-refractivity contribution < 1.29 is 19.3 Å². The summed E-state index contributed by atoms with van der Waals surface area (Å²) in [6, 6.07) is 3.55. The zero-order valence-corrected chi connectivity index (χ0v) is 8.95. The molecule has 5 nitrogen and oxygen atoms in total. The lowest BCUT2D eigenvalue weighted by Gasteiger charge is -2.38. The van der Waals surface area contributed by atoms with Gasteiger partial charge < -0.3 is 24.6 Å². The highest BCUT2D eigenvalue weighted by Gasteiger charge is 2.39. The van der Waals surface area contributed by atoms with Gasteiger partial charge in [0.15, 0.2) is 11.5 Å². The summed E-state index contributed by atoms with van der Waals surface area (Å²) in [5.74, 6) is 1.96. The fraction of sp³-hybridized carbons (Fsp3) is 0.455. The number of fused-ring (bicyclic) bond motifs is 1. The van der Waals surface area contributed by atoms with Crippen molar-refractivity contribution in [1.29, 1.82) is 0 Å². The van der Waals surface area contributed by atoms with Crippen molar-refractivity contribution in [1.82, 2.24) is 5.32 Å². The summed E-state index contributed by atoms with van der Waals surface area (Å²) in [6.45, 7) is 1.28. The van der Waals surface area contributed by atoms with E-state index in [4.69, 9.17) is 14.2 Å². The maximum absolute atomic E-state index is 10.3. The predicted molar refractivity (Wildman–Crippen MR) is 55.9 cm³/mol. The maximum atomic E-state index is 10.3. The van der Waals surface area contributed by atoms with Crippen molar-refractivity contribution in [3.8, 4) is 17.2 Å². The molecule has 5 heteroatoms. The molecule has 0 bridgehead atoms. The second-order valence-corrected chi connectivity index (χ2v) is 4.04. The maximum Gasteiger partial charge on any atom is 0.231 e. The molecular formula is C11H13NO4. The van der Waals surface area contributed by atoms with E-state index in [0.29, 0.717) is 30.3 Å². The fourth-order valence-corrected chi connectivity index (χ4v) is 2.01. The van der Waals surface area contributed by atoms with E-state index in [1.54, 1.807) is 19.2 Å². The van der Waals surface area contributed by atoms with Crippen LogP contribution in [0.15, 0.2) is 12.1 Å². The van der Waals surface area contributed by atoms with Crippen LogP contribution in [0.25, 0.3) is 0 Å². The first kappa shape index (κ1) is 9.74. The van der Waals surface area contributed by atoms with Crippen LogP contribution in [0.3, 0.4) is 0 Å². The van der Waals surface area contributed by atoms with Gasteiger partial charge >= 0.3 is 0 Å². The molecule has 0 unspecified atom stereocenters. The van der Waals surface area contributed by atoms with Crippen LogP contribution in [-0.4, -0.2) is 32.1 Å². The standard InChI is InChI=1S/C11H13NO4/c1-14-8-3-10-9(15-6-16-10)2-7(8)11(13)4-12-5-11/h2-3,12-13H,4-6H2,1H3. The van der Waals surface area contributed by atoms with Crippen LogP contribution in [0.4, 0.5) is 0 Å². The molecule has 1 fully saturated rings. The van der Waals surface area contributed by atoms with Crippen molar-refractivity contribution in [2.24, 2.45) is 0 Å². The highest BCUT2D eigenvalue weighted by Crippen LogP contribution is 2.42. The monoisotopic (exact) mass is 223 g/mol. The number of benzene rings is 1. The molecule has 1 aromatic carbocycles. The summed E-state index contributed by atoms with van der Waals surface area (Å²) in [5, 5.41) is 13.3. The molecule has 0 atom stereocenters. The Morgan fingerprint density at radius 1 is 1.31 bits per heavy atom. The van der Waals surface area contributed by atoms with Gasteiger partial charge in [-0.1, -0.05) is 0 Å². The van der Waals surface area contributed by atoms with Crippen LogP contribution in [0, 0.1) is 0 Å². The molecule has 2 aliphatic heterocycles. The molecule has 1 aromatic rings. The third-order valence-electron chi connectivity index (χ3n) is 3.03. The number of nitrogens with one attached hydrogen (secondary N) is 1. The molecule has 0 radical (unpaired) electrons. The summed E-state index contributed by atoms with van der Waals surface area (Å²) < 4.78 is 15.8. The lowest BCUT2D eigenvalue weighted by molar-refractivity contribution is -0.0166. The lowest BCUT2D eigenvalue weighted by atomic mass is 9.87. The zero-order valence-electron chi connectivity index (χ0n) is 8.95. The molecule has 0 saturated carbocycles. The van der Waals surface area contributed by atoms with Gasteiger partial charge in [0.05, 0.1) is 7.11 Å². The molecule has 0 amide bonds. The van der Waals surface area contributed by atoms with Gasteiger partial charge in [-0.2, -0.15) is 0 Å². The predicted octanol–water partition coefficient (Wildman–Crippen LogP) is 0.215. The Morgan fingerprint density at radius 2 is 2.00 bits per heavy atom. The third-order valence-corrected chi connectivity index (χ3v) is 3.03. The lowest BCUT2D eigenvalue weighted by Crippen LogP contribution is -2.56. The van der Waals surface area contributed by atoms with Gasteiger partial charge in [-0.15, -0.1) is 0 Å². The minimum atomic E-state index is -0.855. The minimum absolute atomic E-state index is 0.221. The topological polar surface area (TPSA) is 60.0 Å².